The van der Waals surface area contributed by atoms with Gasteiger partial charge in [0.15, 0.2) is 5.76 Å². The van der Waals surface area contributed by atoms with Gasteiger partial charge in [0, 0.05) is 6.20 Å². The second kappa shape index (κ2) is 7.47. The number of carbonyl (C=O) groups is 1. The second-order valence-corrected chi connectivity index (χ2v) is 5.45. The predicted octanol–water partition coefficient (Wildman–Crippen LogP) is 3.14. The quantitative estimate of drug-likeness (QED) is 0.563. The maximum Gasteiger partial charge on any atom is 0.292 e. The van der Waals surface area contributed by atoms with Gasteiger partial charge >= 0.3 is 0 Å². The maximum atomic E-state index is 12.0. The highest BCUT2D eigenvalue weighted by atomic mass is 35.5. The van der Waals surface area contributed by atoms with Crippen LogP contribution < -0.4 is 5.32 Å². The summed E-state index contributed by atoms with van der Waals surface area (Å²) in [6.07, 6.45) is 4.46. The number of hydrogen-bond donors (Lipinski definition) is 1. The van der Waals surface area contributed by atoms with Gasteiger partial charge in [0.2, 0.25) is 0 Å². The molecule has 0 aliphatic carbocycles. The van der Waals surface area contributed by atoms with Crippen molar-refractivity contribution in [3.8, 4) is 6.07 Å². The molecule has 0 saturated heterocycles. The summed E-state index contributed by atoms with van der Waals surface area (Å²) < 4.78 is 7.08. The van der Waals surface area contributed by atoms with Gasteiger partial charge in [-0.25, -0.2) is 4.99 Å². The third-order valence-corrected chi connectivity index (χ3v) is 3.41. The van der Waals surface area contributed by atoms with Crippen LogP contribution in [0.4, 0.5) is 5.69 Å². The normalized spacial score (nSPS) is 10.7. The Bertz CT molecular complexity index is 950. The smallest absolute Gasteiger partial charge is 0.292 e. The van der Waals surface area contributed by atoms with Crippen molar-refractivity contribution < 1.29 is 9.21 Å². The number of amides is 1. The Morgan fingerprint density at radius 2 is 2.16 bits per heavy atom. The first-order valence-electron chi connectivity index (χ1n) is 7.24. The van der Waals surface area contributed by atoms with E-state index in [-0.39, 0.29) is 5.76 Å². The highest BCUT2D eigenvalue weighted by Gasteiger charge is 2.10. The Kier molecular flexibility index (Phi) is 4.92. The summed E-state index contributed by atoms with van der Waals surface area (Å²) >= 11 is 5.80. The molecule has 0 unspecified atom stereocenters. The Balaban J connectivity index is 1.57. The lowest BCUT2D eigenvalue weighted by Gasteiger charge is -1.98. The van der Waals surface area contributed by atoms with Gasteiger partial charge in [0.25, 0.3) is 5.91 Å². The van der Waals surface area contributed by atoms with Crippen LogP contribution in [-0.2, 0) is 6.54 Å². The lowest BCUT2D eigenvalue weighted by Crippen LogP contribution is -2.20. The van der Waals surface area contributed by atoms with Crippen LogP contribution in [0.2, 0.25) is 5.02 Å². The molecule has 0 aliphatic heterocycles. The zero-order valence-electron chi connectivity index (χ0n) is 12.9. The third kappa shape index (κ3) is 4.34. The summed E-state index contributed by atoms with van der Waals surface area (Å²) in [5.41, 5.74) is 1.17. The van der Waals surface area contributed by atoms with Crippen LogP contribution in [0, 0.1) is 11.3 Å². The first kappa shape index (κ1) is 16.5. The van der Waals surface area contributed by atoms with E-state index in [1.807, 2.05) is 6.07 Å². The number of halogens is 1. The van der Waals surface area contributed by atoms with Crippen molar-refractivity contribution in [2.24, 2.45) is 4.99 Å². The van der Waals surface area contributed by atoms with E-state index in [1.54, 1.807) is 47.3 Å². The van der Waals surface area contributed by atoms with Crippen molar-refractivity contribution in [2.75, 3.05) is 0 Å². The fourth-order valence-corrected chi connectivity index (χ4v) is 2.18. The summed E-state index contributed by atoms with van der Waals surface area (Å²) in [5, 5.41) is 15.8. The van der Waals surface area contributed by atoms with Crippen LogP contribution in [0.1, 0.15) is 21.9 Å². The minimum atomic E-state index is -0.415. The number of benzene rings is 1. The van der Waals surface area contributed by atoms with Crippen molar-refractivity contribution in [3.05, 3.63) is 70.9 Å². The third-order valence-electron chi connectivity index (χ3n) is 3.21. The monoisotopic (exact) mass is 353 g/mol. The summed E-state index contributed by atoms with van der Waals surface area (Å²) in [7, 11) is 0. The molecule has 3 aromatic rings. The number of rotatable bonds is 5. The Hall–Kier alpha value is -3.37. The molecule has 1 amide bonds. The predicted molar refractivity (Wildman–Crippen MR) is 91.8 cm³/mol. The average molecular weight is 354 g/mol. The fraction of sp³-hybridized carbons (Fsp3) is 0.0588. The van der Waals surface area contributed by atoms with Crippen LogP contribution in [0.5, 0.6) is 0 Å². The molecule has 0 spiro atoms. The van der Waals surface area contributed by atoms with Crippen molar-refractivity contribution in [3.63, 3.8) is 0 Å². The molecular formula is C17H12ClN5O2. The van der Waals surface area contributed by atoms with E-state index >= 15 is 0 Å². The minimum absolute atomic E-state index is 0.166. The van der Waals surface area contributed by atoms with Gasteiger partial charge in [-0.05, 0) is 36.4 Å². The molecule has 7 nitrogen and oxygen atoms in total. The lowest BCUT2D eigenvalue weighted by molar-refractivity contribution is 0.0949. The number of furan rings is 1. The summed E-state index contributed by atoms with van der Waals surface area (Å²) in [6.45, 7) is 0.374. The lowest BCUT2D eigenvalue weighted by atomic mass is 10.2. The van der Waals surface area contributed by atoms with Gasteiger partial charge in [-0.15, -0.1) is 0 Å². The molecule has 8 heteroatoms. The first-order valence-corrected chi connectivity index (χ1v) is 7.62. The van der Waals surface area contributed by atoms with Gasteiger partial charge in [-0.2, -0.15) is 10.4 Å². The average Bonchev–Trinajstić information content (AvgIpc) is 3.25. The van der Waals surface area contributed by atoms with Crippen LogP contribution >= 0.6 is 11.6 Å². The summed E-state index contributed by atoms with van der Waals surface area (Å²) in [5.74, 6) is 0.329. The van der Waals surface area contributed by atoms with E-state index < -0.39 is 5.91 Å². The van der Waals surface area contributed by atoms with Crippen LogP contribution in [0.25, 0.3) is 0 Å². The first-order chi connectivity index (χ1) is 12.1. The van der Waals surface area contributed by atoms with E-state index in [0.717, 1.165) is 0 Å². The second-order valence-electron chi connectivity index (χ2n) is 5.01. The maximum absolute atomic E-state index is 12.0. The van der Waals surface area contributed by atoms with E-state index in [4.69, 9.17) is 21.3 Å². The highest BCUT2D eigenvalue weighted by molar-refractivity contribution is 6.30. The minimum Gasteiger partial charge on any atom is -0.454 e. The van der Waals surface area contributed by atoms with E-state index in [2.05, 4.69) is 15.4 Å². The molecule has 124 valence electrons. The molecule has 1 N–H and O–H groups in total. The number of aliphatic imine (C=N–C) groups is 1. The molecule has 2 heterocycles. The largest absolute Gasteiger partial charge is 0.454 e. The van der Waals surface area contributed by atoms with Crippen molar-refractivity contribution >= 4 is 29.5 Å². The molecular weight excluding hydrogens is 342 g/mol. The number of nitriles is 1. The molecule has 0 saturated carbocycles. The number of aromatic nitrogens is 2. The fourth-order valence-electron chi connectivity index (χ4n) is 2.03. The molecule has 0 aliphatic rings. The molecule has 0 bridgehead atoms. The molecule has 0 atom stereocenters. The summed E-state index contributed by atoms with van der Waals surface area (Å²) in [6, 6.07) is 12.0. The van der Waals surface area contributed by atoms with Crippen molar-refractivity contribution in [1.82, 2.24) is 15.1 Å². The van der Waals surface area contributed by atoms with Crippen molar-refractivity contribution in [1.29, 1.82) is 5.26 Å². The number of nitrogens with one attached hydrogen (secondary N) is 1. The van der Waals surface area contributed by atoms with E-state index in [1.165, 1.54) is 12.5 Å². The van der Waals surface area contributed by atoms with E-state index in [0.29, 0.717) is 28.6 Å². The number of carbonyl (C=O) groups excluding carboxylic acids is 1. The Morgan fingerprint density at radius 1 is 1.36 bits per heavy atom. The molecule has 0 radical (unpaired) electrons. The van der Waals surface area contributed by atoms with Gasteiger partial charge < -0.3 is 9.73 Å². The Labute approximate surface area is 148 Å². The van der Waals surface area contributed by atoms with E-state index in [9.17, 15) is 4.79 Å². The molecule has 2 aromatic heterocycles. The van der Waals surface area contributed by atoms with Crippen LogP contribution in [0.15, 0.2) is 58.2 Å². The molecule has 1 aromatic carbocycles. The van der Waals surface area contributed by atoms with Gasteiger partial charge in [0.1, 0.15) is 5.76 Å². The SMILES string of the molecule is N#Cc1ccc(N=CNC(=O)c2ccc(Cn3cc(Cl)cn3)o2)cc1. The standard InChI is InChI=1S/C17H12ClN5O2/c18-13-8-22-23(9-13)10-15-5-6-16(25-15)17(24)21-11-20-14-3-1-12(7-19)2-4-14/h1-6,8-9,11H,10H2,(H,20,21,24). The van der Waals surface area contributed by atoms with Crippen molar-refractivity contribution in [2.45, 2.75) is 6.54 Å². The number of hydrogen-bond acceptors (Lipinski definition) is 5. The zero-order valence-corrected chi connectivity index (χ0v) is 13.6. The van der Waals surface area contributed by atoms with Gasteiger partial charge in [0.05, 0.1) is 41.4 Å². The molecule has 25 heavy (non-hydrogen) atoms. The topological polar surface area (TPSA) is 96.2 Å². The highest BCUT2D eigenvalue weighted by Crippen LogP contribution is 2.13. The zero-order chi connectivity index (χ0) is 17.6. The number of nitrogens with zero attached hydrogens (tertiary/aromatic N) is 4. The summed E-state index contributed by atoms with van der Waals surface area (Å²) in [4.78, 5) is 16.1. The van der Waals surface area contributed by atoms with Gasteiger partial charge in [-0.1, -0.05) is 11.6 Å². The molecule has 3 rings (SSSR count). The molecule has 0 fully saturated rings. The van der Waals surface area contributed by atoms with Gasteiger partial charge in [-0.3, -0.25) is 9.48 Å². The van der Waals surface area contributed by atoms with Crippen LogP contribution in [0.3, 0.4) is 0 Å². The Morgan fingerprint density at radius 3 is 2.84 bits per heavy atom. The van der Waals surface area contributed by atoms with Crippen LogP contribution in [-0.4, -0.2) is 22.0 Å².